The zero-order valence-corrected chi connectivity index (χ0v) is 15.0. The fourth-order valence-electron chi connectivity index (χ4n) is 2.07. The summed E-state index contributed by atoms with van der Waals surface area (Å²) in [4.78, 5) is 16.5. The third kappa shape index (κ3) is 4.27. The number of likely N-dealkylation sites (N-methyl/N-ethyl adjacent to an activating group) is 1. The number of carbonyl (C=O) groups excluding carboxylic acids is 1. The predicted molar refractivity (Wildman–Crippen MR) is 94.8 cm³/mol. The zero-order chi connectivity index (χ0) is 15.4. The van der Waals surface area contributed by atoms with Crippen molar-refractivity contribution >= 4 is 45.8 Å². The van der Waals surface area contributed by atoms with Crippen LogP contribution in [0.15, 0.2) is 18.2 Å². The molecule has 1 fully saturated rings. The van der Waals surface area contributed by atoms with Gasteiger partial charge in [0.2, 0.25) is 0 Å². The molecule has 7 heteroatoms. The van der Waals surface area contributed by atoms with E-state index in [0.29, 0.717) is 10.7 Å². The van der Waals surface area contributed by atoms with Crippen LogP contribution in [0, 0.1) is 3.57 Å². The summed E-state index contributed by atoms with van der Waals surface area (Å²) in [5.41, 5.74) is 0.580. The van der Waals surface area contributed by atoms with Crippen molar-refractivity contribution in [3.63, 3.8) is 0 Å². The largest absolute Gasteiger partial charge is 0.496 e. The predicted octanol–water partition coefficient (Wildman–Crippen LogP) is 1.56. The first-order valence-electron chi connectivity index (χ1n) is 6.63. The lowest BCUT2D eigenvalue weighted by Gasteiger charge is -2.33. The van der Waals surface area contributed by atoms with Gasteiger partial charge in [0, 0.05) is 31.7 Å². The second-order valence-electron chi connectivity index (χ2n) is 4.90. The number of hydrogen-bond acceptors (Lipinski definition) is 4. The van der Waals surface area contributed by atoms with Crippen LogP contribution in [0.1, 0.15) is 10.4 Å². The van der Waals surface area contributed by atoms with E-state index in [1.807, 2.05) is 4.90 Å². The number of rotatable bonds is 2. The average molecular weight is 419 g/mol. The molecule has 0 saturated carbocycles. The summed E-state index contributed by atoms with van der Waals surface area (Å²) in [5, 5.41) is 3.30. The Bertz CT molecular complexity index is 545. The third-order valence-electron chi connectivity index (χ3n) is 3.42. The van der Waals surface area contributed by atoms with Gasteiger partial charge in [-0.05, 0) is 60.1 Å². The average Bonchev–Trinajstić information content (AvgIpc) is 2.47. The Morgan fingerprint density at radius 2 is 2.00 bits per heavy atom. The fourth-order valence-corrected chi connectivity index (χ4v) is 3.08. The highest BCUT2D eigenvalue weighted by Gasteiger charge is 2.18. The molecule has 1 N–H and O–H groups in total. The van der Waals surface area contributed by atoms with Crippen molar-refractivity contribution in [2.45, 2.75) is 0 Å². The Morgan fingerprint density at radius 3 is 2.57 bits per heavy atom. The molecule has 0 bridgehead atoms. The number of thiocarbonyl (C=S) groups is 1. The maximum absolute atomic E-state index is 12.2. The van der Waals surface area contributed by atoms with Gasteiger partial charge in [-0.2, -0.15) is 0 Å². The summed E-state index contributed by atoms with van der Waals surface area (Å²) in [6, 6.07) is 5.32. The Morgan fingerprint density at radius 1 is 1.33 bits per heavy atom. The molecular formula is C14H18IN3O2S. The molecular weight excluding hydrogens is 401 g/mol. The molecule has 1 aromatic carbocycles. The normalized spacial score (nSPS) is 15.7. The van der Waals surface area contributed by atoms with Crippen molar-refractivity contribution in [3.8, 4) is 5.75 Å². The number of nitrogens with one attached hydrogen (secondary N) is 1. The molecule has 0 radical (unpaired) electrons. The minimum atomic E-state index is -0.181. The van der Waals surface area contributed by atoms with Crippen LogP contribution in [0.3, 0.4) is 0 Å². The van der Waals surface area contributed by atoms with Gasteiger partial charge in [-0.25, -0.2) is 0 Å². The SMILES string of the molecule is COc1ccc(C(=O)NC(=S)N2CCN(C)CC2)cc1I. The summed E-state index contributed by atoms with van der Waals surface area (Å²) >= 11 is 7.46. The molecule has 1 aromatic rings. The fraction of sp³-hybridized carbons (Fsp3) is 0.429. The van der Waals surface area contributed by atoms with Crippen LogP contribution in [0.4, 0.5) is 0 Å². The first-order valence-corrected chi connectivity index (χ1v) is 8.12. The van der Waals surface area contributed by atoms with Crippen molar-refractivity contribution in [1.82, 2.24) is 15.1 Å². The molecule has 0 aliphatic carbocycles. The number of carbonyl (C=O) groups is 1. The molecule has 1 saturated heterocycles. The third-order valence-corrected chi connectivity index (χ3v) is 4.63. The number of piperazine rings is 1. The Labute approximate surface area is 143 Å². The van der Waals surface area contributed by atoms with Crippen LogP contribution in [-0.2, 0) is 0 Å². The van der Waals surface area contributed by atoms with Gasteiger partial charge in [-0.15, -0.1) is 0 Å². The topological polar surface area (TPSA) is 44.8 Å². The van der Waals surface area contributed by atoms with E-state index in [1.165, 1.54) is 0 Å². The lowest BCUT2D eigenvalue weighted by molar-refractivity contribution is 0.0970. The first-order chi connectivity index (χ1) is 10.0. The first kappa shape index (κ1) is 16.4. The van der Waals surface area contributed by atoms with Gasteiger partial charge >= 0.3 is 0 Å². The van der Waals surface area contributed by atoms with Gasteiger partial charge in [0.25, 0.3) is 5.91 Å². The van der Waals surface area contributed by atoms with Gasteiger partial charge in [-0.3, -0.25) is 10.1 Å². The van der Waals surface area contributed by atoms with Gasteiger partial charge in [-0.1, -0.05) is 0 Å². The number of benzene rings is 1. The van der Waals surface area contributed by atoms with Crippen molar-refractivity contribution < 1.29 is 9.53 Å². The minimum absolute atomic E-state index is 0.181. The van der Waals surface area contributed by atoms with Crippen LogP contribution in [-0.4, -0.2) is 61.2 Å². The smallest absolute Gasteiger partial charge is 0.257 e. The van der Waals surface area contributed by atoms with Crippen molar-refractivity contribution in [2.24, 2.45) is 0 Å². The molecule has 1 amide bonds. The lowest BCUT2D eigenvalue weighted by Crippen LogP contribution is -2.51. The van der Waals surface area contributed by atoms with E-state index in [9.17, 15) is 4.79 Å². The Hall–Kier alpha value is -0.930. The van der Waals surface area contributed by atoms with Crippen molar-refractivity contribution in [1.29, 1.82) is 0 Å². The highest BCUT2D eigenvalue weighted by molar-refractivity contribution is 14.1. The van der Waals surface area contributed by atoms with E-state index >= 15 is 0 Å². The molecule has 21 heavy (non-hydrogen) atoms. The molecule has 5 nitrogen and oxygen atoms in total. The maximum Gasteiger partial charge on any atom is 0.257 e. The maximum atomic E-state index is 12.2. The van der Waals surface area contributed by atoms with Crippen LogP contribution < -0.4 is 10.1 Å². The molecule has 114 valence electrons. The van der Waals surface area contributed by atoms with E-state index in [4.69, 9.17) is 17.0 Å². The summed E-state index contributed by atoms with van der Waals surface area (Å²) in [6.07, 6.45) is 0. The Kier molecular flexibility index (Phi) is 5.77. The molecule has 0 aromatic heterocycles. The van der Waals surface area contributed by atoms with E-state index in [0.717, 1.165) is 35.5 Å². The standard InChI is InChI=1S/C14H18IN3O2S/c1-17-5-7-18(8-6-17)14(21)16-13(19)10-3-4-12(20-2)11(15)9-10/h3-4,9H,5-8H2,1-2H3,(H,16,19,21). The second kappa shape index (κ2) is 7.37. The quantitative estimate of drug-likeness (QED) is 0.583. The molecule has 0 atom stereocenters. The number of hydrogen-bond donors (Lipinski definition) is 1. The summed E-state index contributed by atoms with van der Waals surface area (Å²) < 4.78 is 6.08. The molecule has 0 unspecified atom stereocenters. The molecule has 1 heterocycles. The van der Waals surface area contributed by atoms with Crippen LogP contribution >= 0.6 is 34.8 Å². The number of ether oxygens (including phenoxy) is 1. The van der Waals surface area contributed by atoms with E-state index in [1.54, 1.807) is 25.3 Å². The number of methoxy groups -OCH3 is 1. The Balaban J connectivity index is 1.97. The van der Waals surface area contributed by atoms with Gasteiger partial charge < -0.3 is 14.5 Å². The van der Waals surface area contributed by atoms with Gasteiger partial charge in [0.1, 0.15) is 5.75 Å². The highest BCUT2D eigenvalue weighted by Crippen LogP contribution is 2.21. The van der Waals surface area contributed by atoms with Crippen LogP contribution in [0.5, 0.6) is 5.75 Å². The minimum Gasteiger partial charge on any atom is -0.496 e. The van der Waals surface area contributed by atoms with Crippen LogP contribution in [0.2, 0.25) is 0 Å². The van der Waals surface area contributed by atoms with Gasteiger partial charge in [0.15, 0.2) is 5.11 Å². The van der Waals surface area contributed by atoms with Crippen LogP contribution in [0.25, 0.3) is 0 Å². The second-order valence-corrected chi connectivity index (χ2v) is 6.45. The highest BCUT2D eigenvalue weighted by atomic mass is 127. The molecule has 0 spiro atoms. The molecule has 1 aliphatic rings. The van der Waals surface area contributed by atoms with E-state index in [-0.39, 0.29) is 5.91 Å². The molecule has 1 aliphatic heterocycles. The summed E-state index contributed by atoms with van der Waals surface area (Å²) in [6.45, 7) is 3.60. The van der Waals surface area contributed by atoms with E-state index < -0.39 is 0 Å². The van der Waals surface area contributed by atoms with Crippen molar-refractivity contribution in [2.75, 3.05) is 40.3 Å². The number of nitrogens with zero attached hydrogens (tertiary/aromatic N) is 2. The van der Waals surface area contributed by atoms with Gasteiger partial charge in [0.05, 0.1) is 10.7 Å². The lowest BCUT2D eigenvalue weighted by atomic mass is 10.2. The summed E-state index contributed by atoms with van der Waals surface area (Å²) in [7, 11) is 3.69. The monoisotopic (exact) mass is 419 g/mol. The van der Waals surface area contributed by atoms with Crippen molar-refractivity contribution in [3.05, 3.63) is 27.3 Å². The molecule has 2 rings (SSSR count). The summed E-state index contributed by atoms with van der Waals surface area (Å²) in [5.74, 6) is 0.577. The van der Waals surface area contributed by atoms with E-state index in [2.05, 4.69) is 39.9 Å². The number of amides is 1. The number of halogens is 1. The zero-order valence-electron chi connectivity index (χ0n) is 12.1.